The first-order chi connectivity index (χ1) is 13.7. The van der Waals surface area contributed by atoms with Crippen molar-refractivity contribution in [2.75, 3.05) is 31.1 Å². The van der Waals surface area contributed by atoms with E-state index in [0.717, 1.165) is 66.4 Å². The van der Waals surface area contributed by atoms with Gasteiger partial charge in [-0.3, -0.25) is 4.79 Å². The Morgan fingerprint density at radius 3 is 2.82 bits per heavy atom. The summed E-state index contributed by atoms with van der Waals surface area (Å²) in [6, 6.07) is 2.16. The maximum Gasteiger partial charge on any atom is 0.261 e. The van der Waals surface area contributed by atoms with Gasteiger partial charge in [-0.05, 0) is 29.9 Å². The average Bonchev–Trinajstić information content (AvgIpc) is 3.39. The van der Waals surface area contributed by atoms with Crippen molar-refractivity contribution in [1.29, 1.82) is 0 Å². The second-order valence-corrected chi connectivity index (χ2v) is 8.09. The zero-order chi connectivity index (χ0) is 19.5. The molecule has 4 heterocycles. The third-order valence-corrected chi connectivity index (χ3v) is 6.30. The third kappa shape index (κ3) is 3.74. The van der Waals surface area contributed by atoms with E-state index in [1.54, 1.807) is 0 Å². The van der Waals surface area contributed by atoms with Crippen molar-refractivity contribution in [3.8, 4) is 11.1 Å². The van der Waals surface area contributed by atoms with Gasteiger partial charge in [0, 0.05) is 11.6 Å². The second-order valence-electron chi connectivity index (χ2n) is 7.18. The van der Waals surface area contributed by atoms with Crippen molar-refractivity contribution < 1.29 is 10.1 Å². The highest BCUT2D eigenvalue weighted by Gasteiger charge is 2.18. The van der Waals surface area contributed by atoms with E-state index in [4.69, 9.17) is 0 Å². The summed E-state index contributed by atoms with van der Waals surface area (Å²) < 4.78 is 1.84. The van der Waals surface area contributed by atoms with Gasteiger partial charge in [-0.25, -0.2) is 9.50 Å². The molecule has 3 aromatic rings. The second kappa shape index (κ2) is 8.28. The van der Waals surface area contributed by atoms with Crippen LogP contribution >= 0.6 is 11.3 Å². The highest BCUT2D eigenvalue weighted by Crippen LogP contribution is 2.29. The number of nitrogens with one attached hydrogen (secondary N) is 1. The molecule has 0 saturated carbocycles. The molecule has 3 N–H and O–H groups in total. The molecule has 0 spiro atoms. The molecular formula is C20H27N6OS+. The van der Waals surface area contributed by atoms with Crippen LogP contribution in [0, 0.1) is 0 Å². The van der Waals surface area contributed by atoms with Gasteiger partial charge >= 0.3 is 0 Å². The number of quaternary nitrogens is 1. The van der Waals surface area contributed by atoms with Crippen molar-refractivity contribution in [3.63, 3.8) is 0 Å². The molecule has 148 valence electrons. The Labute approximate surface area is 168 Å². The lowest BCUT2D eigenvalue weighted by Crippen LogP contribution is -2.89. The molecule has 0 aliphatic carbocycles. The van der Waals surface area contributed by atoms with E-state index in [-0.39, 0.29) is 11.9 Å². The molecule has 1 fully saturated rings. The Morgan fingerprint density at radius 1 is 1.29 bits per heavy atom. The first-order valence-corrected chi connectivity index (χ1v) is 10.9. The lowest BCUT2D eigenvalue weighted by Gasteiger charge is -2.26. The van der Waals surface area contributed by atoms with Gasteiger partial charge in [-0.15, -0.1) is 11.3 Å². The number of piperazine rings is 1. The molecule has 0 aromatic carbocycles. The number of amides is 1. The van der Waals surface area contributed by atoms with E-state index in [0.29, 0.717) is 0 Å². The molecule has 0 radical (unpaired) electrons. The Kier molecular flexibility index (Phi) is 5.59. The molecule has 0 atom stereocenters. The van der Waals surface area contributed by atoms with Crippen LogP contribution in [0.5, 0.6) is 0 Å². The Morgan fingerprint density at radius 2 is 2.07 bits per heavy atom. The molecule has 28 heavy (non-hydrogen) atoms. The molecule has 1 aliphatic heterocycles. The monoisotopic (exact) mass is 399 g/mol. The van der Waals surface area contributed by atoms with Crippen LogP contribution < -0.4 is 15.5 Å². The minimum atomic E-state index is -0.00132. The number of carbonyl (C=O) groups excluding carboxylic acids is 1. The molecule has 1 aliphatic rings. The number of hydrogen-bond acceptors (Lipinski definition) is 5. The van der Waals surface area contributed by atoms with Gasteiger partial charge in [0.15, 0.2) is 5.65 Å². The molecule has 3 aromatic heterocycles. The van der Waals surface area contributed by atoms with Gasteiger partial charge in [0.2, 0.25) is 0 Å². The molecule has 7 nitrogen and oxygen atoms in total. The van der Waals surface area contributed by atoms with E-state index in [9.17, 15) is 4.79 Å². The van der Waals surface area contributed by atoms with Crippen LogP contribution in [-0.2, 0) is 0 Å². The highest BCUT2D eigenvalue weighted by atomic mass is 32.1. The molecule has 1 amide bonds. The van der Waals surface area contributed by atoms with Crippen molar-refractivity contribution >= 4 is 28.6 Å². The molecule has 8 heteroatoms. The van der Waals surface area contributed by atoms with E-state index >= 15 is 0 Å². The standard InChI is InChI=1S/C20H26N6OS/c1-3-15(4-2)24-20(27)18-9-14(13-28-18)17-11-23-26-12-16(10-22-19(17)26)25-7-5-21-6-8-25/h9-13,15,21H,3-8H2,1-2H3,(H,24,27)/p+1. The Bertz CT molecular complexity index is 955. The maximum absolute atomic E-state index is 12.5. The first-order valence-electron chi connectivity index (χ1n) is 9.99. The Hall–Kier alpha value is -2.45. The summed E-state index contributed by atoms with van der Waals surface area (Å²) in [4.78, 5) is 20.2. The van der Waals surface area contributed by atoms with Gasteiger partial charge in [0.05, 0.1) is 55.3 Å². The van der Waals surface area contributed by atoms with Crippen molar-refractivity contribution in [1.82, 2.24) is 19.9 Å². The topological polar surface area (TPSA) is 79.1 Å². The Balaban J connectivity index is 1.56. The van der Waals surface area contributed by atoms with Gasteiger partial charge in [-0.2, -0.15) is 5.10 Å². The molecule has 0 bridgehead atoms. The smallest absolute Gasteiger partial charge is 0.261 e. The summed E-state index contributed by atoms with van der Waals surface area (Å²) in [6.07, 6.45) is 7.69. The SMILES string of the molecule is CCC(CC)NC(=O)c1cc(-c2cnn3cc(N4CC[NH2+]CC4)cnc23)cs1. The number of fused-ring (bicyclic) bond motifs is 1. The van der Waals surface area contributed by atoms with E-state index < -0.39 is 0 Å². The zero-order valence-corrected chi connectivity index (χ0v) is 17.2. The largest absolute Gasteiger partial charge is 0.358 e. The number of carbonyl (C=O) groups is 1. The van der Waals surface area contributed by atoms with Crippen molar-refractivity contribution in [3.05, 3.63) is 34.9 Å². The van der Waals surface area contributed by atoms with E-state index in [2.05, 4.69) is 39.5 Å². The summed E-state index contributed by atoms with van der Waals surface area (Å²) in [5.74, 6) is -0.00132. The third-order valence-electron chi connectivity index (χ3n) is 5.37. The number of hydrogen-bond donors (Lipinski definition) is 2. The first kappa shape index (κ1) is 18.9. The number of rotatable bonds is 6. The van der Waals surface area contributed by atoms with Gasteiger partial charge in [-0.1, -0.05) is 13.8 Å². The van der Waals surface area contributed by atoms with Gasteiger partial charge in [0.25, 0.3) is 5.91 Å². The predicted molar refractivity (Wildman–Crippen MR) is 112 cm³/mol. The summed E-state index contributed by atoms with van der Waals surface area (Å²) >= 11 is 1.46. The van der Waals surface area contributed by atoms with E-state index in [1.807, 2.05) is 34.6 Å². The maximum atomic E-state index is 12.5. The molecule has 4 rings (SSSR count). The van der Waals surface area contributed by atoms with Gasteiger partial charge in [0.1, 0.15) is 0 Å². The molecule has 1 saturated heterocycles. The average molecular weight is 400 g/mol. The van der Waals surface area contributed by atoms with Crippen molar-refractivity contribution in [2.24, 2.45) is 0 Å². The lowest BCUT2D eigenvalue weighted by atomic mass is 10.1. The molecule has 0 unspecified atom stereocenters. The van der Waals surface area contributed by atoms with Crippen LogP contribution in [-0.4, -0.2) is 52.7 Å². The van der Waals surface area contributed by atoms with Crippen LogP contribution in [0.25, 0.3) is 16.8 Å². The minimum absolute atomic E-state index is 0.00132. The number of aromatic nitrogens is 3. The zero-order valence-electron chi connectivity index (χ0n) is 16.4. The lowest BCUT2D eigenvalue weighted by molar-refractivity contribution is -0.655. The van der Waals surface area contributed by atoms with Crippen LogP contribution in [0.4, 0.5) is 5.69 Å². The number of anilines is 1. The predicted octanol–water partition coefficient (Wildman–Crippen LogP) is 1.76. The fraction of sp³-hybridized carbons (Fsp3) is 0.450. The summed E-state index contributed by atoms with van der Waals surface area (Å²) in [6.45, 7) is 8.46. The fourth-order valence-corrected chi connectivity index (χ4v) is 4.40. The summed E-state index contributed by atoms with van der Waals surface area (Å²) in [5, 5.41) is 11.9. The highest BCUT2D eigenvalue weighted by molar-refractivity contribution is 7.12. The molecular weight excluding hydrogens is 372 g/mol. The minimum Gasteiger partial charge on any atom is -0.358 e. The van der Waals surface area contributed by atoms with Crippen molar-refractivity contribution in [2.45, 2.75) is 32.7 Å². The van der Waals surface area contributed by atoms with Crippen LogP contribution in [0.1, 0.15) is 36.4 Å². The summed E-state index contributed by atoms with van der Waals surface area (Å²) in [5.41, 5.74) is 3.86. The number of nitrogens with zero attached hydrogens (tertiary/aromatic N) is 4. The number of thiophene rings is 1. The van der Waals surface area contributed by atoms with Crippen LogP contribution in [0.3, 0.4) is 0 Å². The number of nitrogens with two attached hydrogens (primary N) is 1. The normalized spacial score (nSPS) is 14.8. The van der Waals surface area contributed by atoms with Gasteiger partial charge < -0.3 is 15.5 Å². The van der Waals surface area contributed by atoms with Crippen LogP contribution in [0.2, 0.25) is 0 Å². The van der Waals surface area contributed by atoms with E-state index in [1.165, 1.54) is 11.3 Å². The summed E-state index contributed by atoms with van der Waals surface area (Å²) in [7, 11) is 0. The fourth-order valence-electron chi connectivity index (χ4n) is 3.59. The van der Waals surface area contributed by atoms with Crippen LogP contribution in [0.15, 0.2) is 30.0 Å². The quantitative estimate of drug-likeness (QED) is 0.662.